The molecule has 1 aliphatic rings. The number of hydrogen-bond acceptors (Lipinski definition) is 5. The van der Waals surface area contributed by atoms with Gasteiger partial charge in [-0.05, 0) is 19.1 Å². The zero-order valence-corrected chi connectivity index (χ0v) is 10.9. The van der Waals surface area contributed by atoms with Crippen LogP contribution in [0.1, 0.15) is 6.92 Å². The van der Waals surface area contributed by atoms with Gasteiger partial charge in [0.25, 0.3) is 0 Å². The monoisotopic (exact) mass is 272 g/mol. The third-order valence-corrected chi connectivity index (χ3v) is 3.84. The van der Waals surface area contributed by atoms with Gasteiger partial charge in [-0.3, -0.25) is 0 Å². The zero-order chi connectivity index (χ0) is 13.2. The quantitative estimate of drug-likeness (QED) is 0.810. The van der Waals surface area contributed by atoms with Crippen LogP contribution in [-0.4, -0.2) is 34.2 Å². The lowest BCUT2D eigenvalue weighted by Gasteiger charge is -2.19. The lowest BCUT2D eigenvalue weighted by atomic mass is 10.3. The Labute approximate surface area is 106 Å². The van der Waals surface area contributed by atoms with Crippen molar-refractivity contribution in [3.8, 4) is 11.5 Å². The molecule has 2 rings (SSSR count). The Morgan fingerprint density at radius 1 is 1.33 bits per heavy atom. The van der Waals surface area contributed by atoms with Crippen molar-refractivity contribution in [3.63, 3.8) is 0 Å². The van der Waals surface area contributed by atoms with Gasteiger partial charge in [-0.2, -0.15) is 0 Å². The van der Waals surface area contributed by atoms with Crippen LogP contribution >= 0.6 is 0 Å². The minimum Gasteiger partial charge on any atom is -0.486 e. The Bertz CT molecular complexity index is 528. The highest BCUT2D eigenvalue weighted by molar-refractivity contribution is 7.89. The molecule has 0 aliphatic carbocycles. The lowest BCUT2D eigenvalue weighted by molar-refractivity contribution is 0.171. The molecule has 1 aromatic carbocycles. The summed E-state index contributed by atoms with van der Waals surface area (Å²) < 4.78 is 37.0. The minimum atomic E-state index is -3.55. The molecule has 6 nitrogen and oxygen atoms in total. The van der Waals surface area contributed by atoms with Crippen LogP contribution in [0, 0.1) is 0 Å². The van der Waals surface area contributed by atoms with Crippen LogP contribution in [0.15, 0.2) is 23.1 Å². The van der Waals surface area contributed by atoms with E-state index in [0.29, 0.717) is 24.7 Å². The van der Waals surface area contributed by atoms with Gasteiger partial charge >= 0.3 is 0 Å². The van der Waals surface area contributed by atoms with Gasteiger partial charge in [-0.15, -0.1) is 0 Å². The van der Waals surface area contributed by atoms with Crippen molar-refractivity contribution >= 4 is 10.0 Å². The van der Waals surface area contributed by atoms with Crippen LogP contribution in [0.4, 0.5) is 0 Å². The van der Waals surface area contributed by atoms with Crippen molar-refractivity contribution in [3.05, 3.63) is 18.2 Å². The van der Waals surface area contributed by atoms with Gasteiger partial charge in [0.2, 0.25) is 10.0 Å². The normalized spacial score (nSPS) is 16.3. The van der Waals surface area contributed by atoms with Crippen molar-refractivity contribution in [2.45, 2.75) is 17.9 Å². The molecule has 3 N–H and O–H groups in total. The first-order chi connectivity index (χ1) is 8.49. The van der Waals surface area contributed by atoms with Crippen molar-refractivity contribution in [1.82, 2.24) is 4.72 Å². The van der Waals surface area contributed by atoms with Crippen molar-refractivity contribution in [1.29, 1.82) is 0 Å². The summed E-state index contributed by atoms with van der Waals surface area (Å²) in [5.74, 6) is 1.01. The molecule has 100 valence electrons. The number of nitrogens with one attached hydrogen (secondary N) is 1. The molecule has 18 heavy (non-hydrogen) atoms. The van der Waals surface area contributed by atoms with E-state index in [0.717, 1.165) is 0 Å². The van der Waals surface area contributed by atoms with Gasteiger partial charge in [0.05, 0.1) is 4.90 Å². The first-order valence-electron chi connectivity index (χ1n) is 5.64. The Balaban J connectivity index is 2.22. The van der Waals surface area contributed by atoms with Crippen molar-refractivity contribution in [2.24, 2.45) is 5.73 Å². The topological polar surface area (TPSA) is 90.7 Å². The van der Waals surface area contributed by atoms with Gasteiger partial charge in [0.15, 0.2) is 11.5 Å². The van der Waals surface area contributed by atoms with Crippen LogP contribution in [0.3, 0.4) is 0 Å². The summed E-state index contributed by atoms with van der Waals surface area (Å²) in [4.78, 5) is 0.146. The lowest BCUT2D eigenvalue weighted by Crippen LogP contribution is -2.35. The molecule has 0 amide bonds. The highest BCUT2D eigenvalue weighted by Crippen LogP contribution is 2.32. The molecule has 1 aromatic rings. The summed E-state index contributed by atoms with van der Waals surface area (Å²) in [6, 6.07) is 4.29. The number of nitrogens with two attached hydrogens (primary N) is 1. The molecule has 0 bridgehead atoms. The average Bonchev–Trinajstić information content (AvgIpc) is 2.36. The molecule has 0 saturated heterocycles. The maximum atomic E-state index is 12.0. The molecule has 1 aliphatic heterocycles. The highest BCUT2D eigenvalue weighted by Gasteiger charge is 2.19. The SMILES string of the molecule is CC(N)CNS(=O)(=O)c1ccc2c(c1)OCCO2. The predicted molar refractivity (Wildman–Crippen MR) is 66.3 cm³/mol. The Morgan fingerprint density at radius 3 is 2.67 bits per heavy atom. The number of rotatable bonds is 4. The largest absolute Gasteiger partial charge is 0.486 e. The second-order valence-corrected chi connectivity index (χ2v) is 5.90. The van der Waals surface area contributed by atoms with Gasteiger partial charge in [-0.25, -0.2) is 13.1 Å². The number of sulfonamides is 1. The first kappa shape index (κ1) is 13.1. The van der Waals surface area contributed by atoms with E-state index in [9.17, 15) is 8.42 Å². The van der Waals surface area contributed by atoms with Crippen LogP contribution < -0.4 is 19.9 Å². The number of ether oxygens (including phenoxy) is 2. The molecule has 1 unspecified atom stereocenters. The zero-order valence-electron chi connectivity index (χ0n) is 10.0. The fraction of sp³-hybridized carbons (Fsp3) is 0.455. The maximum absolute atomic E-state index is 12.0. The molecule has 0 aromatic heterocycles. The van der Waals surface area contributed by atoms with Gasteiger partial charge in [0, 0.05) is 18.7 Å². The minimum absolute atomic E-state index is 0.146. The number of fused-ring (bicyclic) bond motifs is 1. The van der Waals surface area contributed by atoms with E-state index in [1.54, 1.807) is 13.0 Å². The third-order valence-electron chi connectivity index (χ3n) is 2.42. The Hall–Kier alpha value is -1.31. The van der Waals surface area contributed by atoms with Crippen molar-refractivity contribution in [2.75, 3.05) is 19.8 Å². The van der Waals surface area contributed by atoms with E-state index in [2.05, 4.69) is 4.72 Å². The van der Waals surface area contributed by atoms with Gasteiger partial charge in [0.1, 0.15) is 13.2 Å². The smallest absolute Gasteiger partial charge is 0.240 e. The first-order valence-corrected chi connectivity index (χ1v) is 7.12. The second kappa shape index (κ2) is 5.13. The molecule has 0 fully saturated rings. The van der Waals surface area contributed by atoms with Crippen LogP contribution in [0.25, 0.3) is 0 Å². The standard InChI is InChI=1S/C11H16N2O4S/c1-8(12)7-13-18(14,15)9-2-3-10-11(6-9)17-5-4-16-10/h2-3,6,8,13H,4-5,7,12H2,1H3. The van der Waals surface area contributed by atoms with E-state index in [-0.39, 0.29) is 17.5 Å². The molecule has 1 heterocycles. The van der Waals surface area contributed by atoms with Gasteiger partial charge < -0.3 is 15.2 Å². The summed E-state index contributed by atoms with van der Waals surface area (Å²) in [7, 11) is -3.55. The molecular weight excluding hydrogens is 256 g/mol. The fourth-order valence-electron chi connectivity index (χ4n) is 1.52. The number of hydrogen-bond donors (Lipinski definition) is 2. The van der Waals surface area contributed by atoms with E-state index in [1.165, 1.54) is 12.1 Å². The molecule has 7 heteroatoms. The van der Waals surface area contributed by atoms with Crippen LogP contribution in [0.2, 0.25) is 0 Å². The summed E-state index contributed by atoms with van der Waals surface area (Å²) in [6.45, 7) is 2.81. The summed E-state index contributed by atoms with van der Waals surface area (Å²) in [6.07, 6.45) is 0. The summed E-state index contributed by atoms with van der Waals surface area (Å²) in [5.41, 5.74) is 5.52. The Kier molecular flexibility index (Phi) is 3.74. The second-order valence-electron chi connectivity index (χ2n) is 4.13. The van der Waals surface area contributed by atoms with Crippen molar-refractivity contribution < 1.29 is 17.9 Å². The predicted octanol–water partition coefficient (Wildman–Crippen LogP) is 0.0833. The molecule has 0 radical (unpaired) electrons. The summed E-state index contributed by atoms with van der Waals surface area (Å²) in [5, 5.41) is 0. The molecular formula is C11H16N2O4S. The molecule has 0 spiro atoms. The van der Waals surface area contributed by atoms with Crippen LogP contribution in [0.5, 0.6) is 11.5 Å². The van der Waals surface area contributed by atoms with E-state index >= 15 is 0 Å². The van der Waals surface area contributed by atoms with E-state index in [1.807, 2.05) is 0 Å². The van der Waals surface area contributed by atoms with E-state index in [4.69, 9.17) is 15.2 Å². The highest BCUT2D eigenvalue weighted by atomic mass is 32.2. The van der Waals surface area contributed by atoms with Crippen LogP contribution in [-0.2, 0) is 10.0 Å². The van der Waals surface area contributed by atoms with E-state index < -0.39 is 10.0 Å². The molecule has 1 atom stereocenters. The Morgan fingerprint density at radius 2 is 2.00 bits per heavy atom. The van der Waals surface area contributed by atoms with Gasteiger partial charge in [-0.1, -0.05) is 0 Å². The third kappa shape index (κ3) is 2.92. The fourth-order valence-corrected chi connectivity index (χ4v) is 2.67. The average molecular weight is 272 g/mol. The molecule has 0 saturated carbocycles. The number of benzene rings is 1. The summed E-state index contributed by atoms with van der Waals surface area (Å²) >= 11 is 0. The maximum Gasteiger partial charge on any atom is 0.240 e.